The molecule has 16 heteroatoms. The summed E-state index contributed by atoms with van der Waals surface area (Å²) >= 11 is 1.34. The molecule has 0 unspecified atom stereocenters. The number of anilines is 1. The first kappa shape index (κ1) is 38.2. The lowest BCUT2D eigenvalue weighted by atomic mass is 10.0. The zero-order valence-corrected chi connectivity index (χ0v) is 28.5. The average Bonchev–Trinajstić information content (AvgIpc) is 3.62. The molecule has 0 aliphatic carbocycles. The molecule has 3 aromatic rings. The van der Waals surface area contributed by atoms with Crippen LogP contribution in [0.1, 0.15) is 35.3 Å². The number of carboxylic acids is 1. The van der Waals surface area contributed by atoms with Crippen LogP contribution in [0.4, 0.5) is 5.69 Å². The van der Waals surface area contributed by atoms with E-state index in [1.807, 2.05) is 0 Å². The molecule has 1 aromatic heterocycles. The van der Waals surface area contributed by atoms with Crippen LogP contribution in [0.2, 0.25) is 0 Å². The fourth-order valence-electron chi connectivity index (χ4n) is 5.27. The summed E-state index contributed by atoms with van der Waals surface area (Å²) in [6, 6.07) is 13.4. The number of amides is 6. The maximum atomic E-state index is 13.6. The van der Waals surface area contributed by atoms with Crippen LogP contribution in [0.25, 0.3) is 0 Å². The molecule has 9 N–H and O–H groups in total. The highest BCUT2D eigenvalue weighted by Gasteiger charge is 2.31. The largest absolute Gasteiger partial charge is 0.480 e. The second kappa shape index (κ2) is 19.0. The van der Waals surface area contributed by atoms with E-state index in [0.29, 0.717) is 23.2 Å². The topological polar surface area (TPSA) is 238 Å². The predicted molar refractivity (Wildman–Crippen MR) is 188 cm³/mol. The highest BCUT2D eigenvalue weighted by Crippen LogP contribution is 2.15. The number of aliphatic carboxylic acids is 1. The number of carbonyl (C=O) groups is 7. The van der Waals surface area contributed by atoms with E-state index in [1.54, 1.807) is 60.0 Å². The zero-order valence-electron chi connectivity index (χ0n) is 27.7. The van der Waals surface area contributed by atoms with E-state index < -0.39 is 78.5 Å². The molecule has 0 spiro atoms. The van der Waals surface area contributed by atoms with Crippen molar-refractivity contribution in [3.8, 4) is 0 Å². The van der Waals surface area contributed by atoms with Gasteiger partial charge in [0.1, 0.15) is 24.2 Å². The molecule has 2 aromatic carbocycles. The van der Waals surface area contributed by atoms with Crippen molar-refractivity contribution in [2.24, 2.45) is 5.73 Å². The van der Waals surface area contributed by atoms with Gasteiger partial charge < -0.3 is 42.7 Å². The van der Waals surface area contributed by atoms with Crippen LogP contribution in [0.3, 0.4) is 0 Å². The van der Waals surface area contributed by atoms with E-state index in [9.17, 15) is 38.7 Å². The fraction of sp³-hybridized carbons (Fsp3) is 0.343. The van der Waals surface area contributed by atoms with Gasteiger partial charge in [-0.2, -0.15) is 0 Å². The molecule has 0 radical (unpaired) electrons. The van der Waals surface area contributed by atoms with Crippen molar-refractivity contribution in [2.45, 2.75) is 62.7 Å². The summed E-state index contributed by atoms with van der Waals surface area (Å²) in [7, 11) is 0. The summed E-state index contributed by atoms with van der Waals surface area (Å²) in [6.07, 6.45) is -0.160. The minimum atomic E-state index is -1.36. The van der Waals surface area contributed by atoms with Crippen molar-refractivity contribution >= 4 is 58.4 Å². The number of thiophene rings is 1. The third-order valence-corrected chi connectivity index (χ3v) is 8.82. The van der Waals surface area contributed by atoms with Crippen LogP contribution >= 0.6 is 11.3 Å². The number of hydrogen-bond donors (Lipinski definition) is 8. The Morgan fingerprint density at radius 3 is 2.20 bits per heavy atom. The van der Waals surface area contributed by atoms with Gasteiger partial charge in [0.2, 0.25) is 35.4 Å². The standard InChI is InChI=1S/C35H41N7O8S/c36-14-4-9-29(43)39-27-19-30(44)38-23-12-10-22(11-13-23)17-28(35(49)50)42-33(47)25(16-21-6-2-1-3-7-21)40-31(45)20-37-32(46)26(41-34(27)48)18-24-8-5-15-51-24/h1-3,5-8,10-13,15,25-28H,4,9,14,16-20,36H2,(H,37,46)(H,38,44)(H,39,43)(H,40,45)(H,41,48)(H,42,47)(H,49,50)/t25-,26-,27+,28+/m1/s1. The lowest BCUT2D eigenvalue weighted by Gasteiger charge is -2.23. The van der Waals surface area contributed by atoms with Crippen molar-refractivity contribution < 1.29 is 38.7 Å². The number of rotatable bonds is 9. The Bertz CT molecular complexity index is 1690. The molecule has 3 heterocycles. The molecule has 15 nitrogen and oxygen atoms in total. The van der Waals surface area contributed by atoms with Crippen LogP contribution in [-0.2, 0) is 52.8 Å². The van der Waals surface area contributed by atoms with Gasteiger partial charge >= 0.3 is 5.97 Å². The quantitative estimate of drug-likeness (QED) is 0.139. The summed E-state index contributed by atoms with van der Waals surface area (Å²) in [5.74, 6) is -5.45. The normalized spacial score (nSPS) is 20.8. The second-order valence-corrected chi connectivity index (χ2v) is 13.0. The van der Waals surface area contributed by atoms with Gasteiger partial charge in [-0.25, -0.2) is 4.79 Å². The van der Waals surface area contributed by atoms with Gasteiger partial charge in [0, 0.05) is 36.2 Å². The molecule has 4 atom stereocenters. The van der Waals surface area contributed by atoms with Crippen LogP contribution in [0.15, 0.2) is 72.1 Å². The Morgan fingerprint density at radius 2 is 1.53 bits per heavy atom. The molecule has 0 saturated heterocycles. The van der Waals surface area contributed by atoms with Gasteiger partial charge in [-0.1, -0.05) is 48.5 Å². The van der Waals surface area contributed by atoms with E-state index in [0.717, 1.165) is 4.88 Å². The summed E-state index contributed by atoms with van der Waals surface area (Å²) in [6.45, 7) is -0.341. The van der Waals surface area contributed by atoms with E-state index in [2.05, 4.69) is 31.9 Å². The van der Waals surface area contributed by atoms with Crippen LogP contribution in [0, 0.1) is 0 Å². The van der Waals surface area contributed by atoms with Crippen molar-refractivity contribution in [2.75, 3.05) is 18.4 Å². The number of benzene rings is 2. The number of nitrogens with one attached hydrogen (secondary N) is 6. The molecule has 6 amide bonds. The van der Waals surface area contributed by atoms with E-state index in [1.165, 1.54) is 23.5 Å². The van der Waals surface area contributed by atoms with Crippen LogP contribution < -0.4 is 37.6 Å². The number of nitrogens with two attached hydrogens (primary N) is 1. The van der Waals surface area contributed by atoms with Gasteiger partial charge in [-0.15, -0.1) is 11.3 Å². The summed E-state index contributed by atoms with van der Waals surface area (Å²) in [4.78, 5) is 92.4. The minimum Gasteiger partial charge on any atom is -0.480 e. The molecule has 5 rings (SSSR count). The first-order chi connectivity index (χ1) is 24.5. The van der Waals surface area contributed by atoms with Gasteiger partial charge in [0.15, 0.2) is 0 Å². The van der Waals surface area contributed by atoms with E-state index in [-0.39, 0.29) is 32.2 Å². The van der Waals surface area contributed by atoms with Crippen molar-refractivity contribution in [1.82, 2.24) is 26.6 Å². The van der Waals surface area contributed by atoms with Gasteiger partial charge in [0.05, 0.1) is 13.0 Å². The fourth-order valence-corrected chi connectivity index (χ4v) is 6.03. The van der Waals surface area contributed by atoms with E-state index in [4.69, 9.17) is 5.73 Å². The Balaban J connectivity index is 1.64. The van der Waals surface area contributed by atoms with Crippen LogP contribution in [-0.4, -0.2) is 83.8 Å². The lowest BCUT2D eigenvalue weighted by Crippen LogP contribution is -2.57. The number of hydrogen-bond acceptors (Lipinski definition) is 9. The molecular weight excluding hydrogens is 678 g/mol. The maximum Gasteiger partial charge on any atom is 0.326 e. The Morgan fingerprint density at radius 1 is 0.804 bits per heavy atom. The molecule has 0 fully saturated rings. The van der Waals surface area contributed by atoms with Gasteiger partial charge in [-0.3, -0.25) is 28.8 Å². The van der Waals surface area contributed by atoms with E-state index >= 15 is 0 Å². The summed E-state index contributed by atoms with van der Waals surface area (Å²) in [5, 5.41) is 27.2. The number of fused-ring (bicyclic) bond motifs is 18. The summed E-state index contributed by atoms with van der Waals surface area (Å²) in [5.41, 5.74) is 7.08. The lowest BCUT2D eigenvalue weighted by molar-refractivity contribution is -0.142. The first-order valence-corrected chi connectivity index (χ1v) is 17.2. The third kappa shape index (κ3) is 12.3. The Labute approximate surface area is 298 Å². The molecule has 2 bridgehead atoms. The zero-order chi connectivity index (χ0) is 36.8. The molecule has 51 heavy (non-hydrogen) atoms. The highest BCUT2D eigenvalue weighted by atomic mass is 32.1. The summed E-state index contributed by atoms with van der Waals surface area (Å²) < 4.78 is 0. The smallest absolute Gasteiger partial charge is 0.326 e. The molecular formula is C35H41N7O8S. The maximum absolute atomic E-state index is 13.6. The predicted octanol–water partition coefficient (Wildman–Crippen LogP) is -0.00290. The van der Waals surface area contributed by atoms with Gasteiger partial charge in [-0.05, 0) is 47.7 Å². The first-order valence-electron chi connectivity index (χ1n) is 16.4. The Kier molecular flexibility index (Phi) is 14.2. The van der Waals surface area contributed by atoms with Crippen molar-refractivity contribution in [1.29, 1.82) is 0 Å². The van der Waals surface area contributed by atoms with Gasteiger partial charge in [0.25, 0.3) is 0 Å². The molecule has 2 aliphatic heterocycles. The minimum absolute atomic E-state index is 0.0115. The van der Waals surface area contributed by atoms with Crippen LogP contribution in [0.5, 0.6) is 0 Å². The SMILES string of the molecule is NCCCC(=O)N[C@H]1CC(=O)Nc2ccc(cc2)C[C@@H](C(=O)O)NC(=O)[C@@H](Cc2ccccc2)NC(=O)CNC(=O)[C@@H](Cc2cccs2)NC1=O. The number of carboxylic acid groups (broad SMARTS) is 1. The molecule has 2 aliphatic rings. The van der Waals surface area contributed by atoms with Crippen molar-refractivity contribution in [3.05, 3.63) is 88.1 Å². The molecule has 270 valence electrons. The second-order valence-electron chi connectivity index (χ2n) is 11.9. The monoisotopic (exact) mass is 719 g/mol. The average molecular weight is 720 g/mol. The highest BCUT2D eigenvalue weighted by molar-refractivity contribution is 7.09. The Hall–Kier alpha value is -5.61. The molecule has 0 saturated carbocycles. The third-order valence-electron chi connectivity index (χ3n) is 7.92. The van der Waals surface area contributed by atoms with Crippen molar-refractivity contribution in [3.63, 3.8) is 0 Å². The number of carbonyl (C=O) groups excluding carboxylic acids is 6.